The van der Waals surface area contributed by atoms with Gasteiger partial charge in [-0.15, -0.1) is 0 Å². The summed E-state index contributed by atoms with van der Waals surface area (Å²) in [7, 11) is 0. The Labute approximate surface area is 182 Å². The number of fused-ring (bicyclic) bond motifs is 1. The van der Waals surface area contributed by atoms with Gasteiger partial charge >= 0.3 is 0 Å². The zero-order valence-electron chi connectivity index (χ0n) is 17.9. The summed E-state index contributed by atoms with van der Waals surface area (Å²) in [6.07, 6.45) is 4.47. The van der Waals surface area contributed by atoms with Gasteiger partial charge in [-0.05, 0) is 66.3 Å². The normalized spacial score (nSPS) is 15.8. The molecule has 2 aromatic carbocycles. The minimum Gasteiger partial charge on any atom is -0.356 e. The Morgan fingerprint density at radius 1 is 1.03 bits per heavy atom. The molecule has 0 unspecified atom stereocenters. The van der Waals surface area contributed by atoms with Gasteiger partial charge in [0.05, 0.1) is 13.0 Å². The summed E-state index contributed by atoms with van der Waals surface area (Å²) >= 11 is 0. The van der Waals surface area contributed by atoms with Crippen LogP contribution < -0.4 is 5.32 Å². The average molecular weight is 421 g/mol. The first-order valence-corrected chi connectivity index (χ1v) is 10.8. The molecule has 2 heterocycles. The van der Waals surface area contributed by atoms with E-state index in [9.17, 15) is 9.59 Å². The van der Waals surface area contributed by atoms with Gasteiger partial charge < -0.3 is 19.7 Å². The summed E-state index contributed by atoms with van der Waals surface area (Å²) in [6.45, 7) is 4.76. The smallest absolute Gasteiger partial charge is 0.253 e. The molecular formula is C25H28N2O4. The van der Waals surface area contributed by atoms with Gasteiger partial charge in [0.1, 0.15) is 6.79 Å². The molecule has 2 aromatic rings. The maximum absolute atomic E-state index is 12.6. The number of hydrogen-bond acceptors (Lipinski definition) is 4. The number of benzene rings is 2. The number of amides is 2. The van der Waals surface area contributed by atoms with Crippen LogP contribution in [0, 0.1) is 0 Å². The van der Waals surface area contributed by atoms with Gasteiger partial charge in [-0.1, -0.05) is 24.3 Å². The minimum atomic E-state index is -0.0532. The van der Waals surface area contributed by atoms with E-state index in [0.717, 1.165) is 59.4 Å². The Morgan fingerprint density at radius 3 is 2.52 bits per heavy atom. The van der Waals surface area contributed by atoms with Crippen molar-refractivity contribution in [3.63, 3.8) is 0 Å². The highest BCUT2D eigenvalue weighted by Gasteiger charge is 2.19. The van der Waals surface area contributed by atoms with Gasteiger partial charge in [0.2, 0.25) is 5.91 Å². The van der Waals surface area contributed by atoms with Crippen LogP contribution in [0.25, 0.3) is 17.2 Å². The number of likely N-dealkylation sites (tertiary alicyclic amines) is 1. The lowest BCUT2D eigenvalue weighted by atomic mass is 9.99. The fraction of sp³-hybridized carbons (Fsp3) is 0.360. The summed E-state index contributed by atoms with van der Waals surface area (Å²) in [6, 6.07) is 13.7. The topological polar surface area (TPSA) is 67.9 Å². The van der Waals surface area contributed by atoms with Crippen molar-refractivity contribution in [2.24, 2.45) is 0 Å². The first-order valence-electron chi connectivity index (χ1n) is 10.8. The number of carbonyl (C=O) groups is 2. The molecule has 0 spiro atoms. The van der Waals surface area contributed by atoms with Gasteiger partial charge in [0, 0.05) is 30.9 Å². The highest BCUT2D eigenvalue weighted by Crippen LogP contribution is 2.30. The van der Waals surface area contributed by atoms with Gasteiger partial charge in [0.25, 0.3) is 5.91 Å². The van der Waals surface area contributed by atoms with E-state index in [4.69, 9.17) is 9.47 Å². The largest absolute Gasteiger partial charge is 0.356 e. The van der Waals surface area contributed by atoms with E-state index in [1.807, 2.05) is 54.3 Å². The van der Waals surface area contributed by atoms with Crippen LogP contribution in [0.3, 0.4) is 0 Å². The van der Waals surface area contributed by atoms with Crippen molar-refractivity contribution in [1.29, 1.82) is 0 Å². The monoisotopic (exact) mass is 420 g/mol. The minimum absolute atomic E-state index is 0.0532. The van der Waals surface area contributed by atoms with Gasteiger partial charge in [0.15, 0.2) is 0 Å². The lowest BCUT2D eigenvalue weighted by Crippen LogP contribution is -2.27. The van der Waals surface area contributed by atoms with E-state index >= 15 is 0 Å². The first kappa shape index (κ1) is 21.3. The molecular weight excluding hydrogens is 392 g/mol. The molecule has 0 saturated carbocycles. The van der Waals surface area contributed by atoms with Gasteiger partial charge in [-0.25, -0.2) is 0 Å². The van der Waals surface area contributed by atoms with Crippen molar-refractivity contribution in [1.82, 2.24) is 4.90 Å². The average Bonchev–Trinajstić information content (AvgIpc) is 3.27. The fourth-order valence-corrected chi connectivity index (χ4v) is 3.96. The summed E-state index contributed by atoms with van der Waals surface area (Å²) in [5.74, 6) is 0.0517. The van der Waals surface area contributed by atoms with Crippen molar-refractivity contribution in [3.8, 4) is 11.1 Å². The summed E-state index contributed by atoms with van der Waals surface area (Å²) in [5, 5.41) is 2.96. The zero-order valence-corrected chi connectivity index (χ0v) is 17.9. The van der Waals surface area contributed by atoms with E-state index in [1.165, 1.54) is 0 Å². The van der Waals surface area contributed by atoms with Crippen LogP contribution in [0.15, 0.2) is 48.0 Å². The second kappa shape index (κ2) is 9.90. The Kier molecular flexibility index (Phi) is 6.79. The number of carbonyl (C=O) groups excluding carboxylic acids is 2. The third-order valence-electron chi connectivity index (χ3n) is 5.59. The van der Waals surface area contributed by atoms with Crippen molar-refractivity contribution >= 4 is 23.6 Å². The quantitative estimate of drug-likeness (QED) is 0.535. The SMILES string of the molecule is CCOCOCC1=Cc2cc(-c3ccc(C(=O)N4CCCC4)cc3)ccc2NC(=O)C1. The third-order valence-corrected chi connectivity index (χ3v) is 5.59. The zero-order chi connectivity index (χ0) is 21.6. The van der Waals surface area contributed by atoms with Gasteiger partial charge in [-0.3, -0.25) is 9.59 Å². The number of hydrogen-bond donors (Lipinski definition) is 1. The van der Waals surface area contributed by atoms with Crippen LogP contribution in [0.1, 0.15) is 42.1 Å². The molecule has 6 nitrogen and oxygen atoms in total. The predicted molar refractivity (Wildman–Crippen MR) is 121 cm³/mol. The molecule has 1 saturated heterocycles. The Hall–Kier alpha value is -2.96. The summed E-state index contributed by atoms with van der Waals surface area (Å²) in [5.41, 5.74) is 5.41. The first-order chi connectivity index (χ1) is 15.1. The van der Waals surface area contributed by atoms with Crippen molar-refractivity contribution < 1.29 is 19.1 Å². The molecule has 0 atom stereocenters. The van der Waals surface area contributed by atoms with E-state index < -0.39 is 0 Å². The molecule has 0 aromatic heterocycles. The highest BCUT2D eigenvalue weighted by molar-refractivity contribution is 5.98. The third kappa shape index (κ3) is 5.21. The van der Waals surface area contributed by atoms with Crippen LogP contribution in [-0.2, 0) is 14.3 Å². The number of ether oxygens (including phenoxy) is 2. The lowest BCUT2D eigenvalue weighted by molar-refractivity contribution is -0.115. The van der Waals surface area contributed by atoms with Crippen molar-refractivity contribution in [3.05, 3.63) is 59.2 Å². The van der Waals surface area contributed by atoms with Crippen molar-refractivity contribution in [2.75, 3.05) is 38.4 Å². The number of rotatable bonds is 7. The van der Waals surface area contributed by atoms with E-state index in [0.29, 0.717) is 19.6 Å². The highest BCUT2D eigenvalue weighted by atomic mass is 16.7. The predicted octanol–water partition coefficient (Wildman–Crippen LogP) is 4.33. The maximum Gasteiger partial charge on any atom is 0.253 e. The molecule has 1 fully saturated rings. The van der Waals surface area contributed by atoms with E-state index in [2.05, 4.69) is 11.4 Å². The fourth-order valence-electron chi connectivity index (χ4n) is 3.96. The summed E-state index contributed by atoms with van der Waals surface area (Å²) in [4.78, 5) is 26.7. The molecule has 162 valence electrons. The maximum atomic E-state index is 12.6. The molecule has 1 N–H and O–H groups in total. The van der Waals surface area contributed by atoms with Crippen molar-refractivity contribution in [2.45, 2.75) is 26.2 Å². The Balaban J connectivity index is 1.53. The molecule has 6 heteroatoms. The van der Waals surface area contributed by atoms with Crippen LogP contribution >= 0.6 is 0 Å². The molecule has 0 radical (unpaired) electrons. The molecule has 2 aliphatic rings. The standard InChI is InChI=1S/C25H28N2O4/c1-2-30-17-31-16-18-13-22-15-21(9-10-23(22)26-24(28)14-18)19-5-7-20(8-6-19)25(29)27-11-3-4-12-27/h5-10,13,15H,2-4,11-12,14,16-17H2,1H3,(H,26,28). The number of anilines is 1. The lowest BCUT2D eigenvalue weighted by Gasteiger charge is -2.15. The Bertz CT molecular complexity index is 976. The second-order valence-electron chi connectivity index (χ2n) is 7.87. The molecule has 0 bridgehead atoms. The second-order valence-corrected chi connectivity index (χ2v) is 7.87. The molecule has 0 aliphatic carbocycles. The molecule has 31 heavy (non-hydrogen) atoms. The Morgan fingerprint density at radius 2 is 1.77 bits per heavy atom. The number of nitrogens with one attached hydrogen (secondary N) is 1. The molecule has 4 rings (SSSR count). The number of nitrogens with zero attached hydrogens (tertiary/aromatic N) is 1. The van der Waals surface area contributed by atoms with Crippen LogP contribution in [0.2, 0.25) is 0 Å². The van der Waals surface area contributed by atoms with Crippen LogP contribution in [-0.4, -0.2) is 49.8 Å². The van der Waals surface area contributed by atoms with E-state index in [1.54, 1.807) is 0 Å². The summed E-state index contributed by atoms with van der Waals surface area (Å²) < 4.78 is 10.7. The molecule has 2 amide bonds. The molecule has 2 aliphatic heterocycles. The van der Waals surface area contributed by atoms with Crippen LogP contribution in [0.5, 0.6) is 0 Å². The van der Waals surface area contributed by atoms with Crippen LogP contribution in [0.4, 0.5) is 5.69 Å². The van der Waals surface area contributed by atoms with Gasteiger partial charge in [-0.2, -0.15) is 0 Å². The van der Waals surface area contributed by atoms with E-state index in [-0.39, 0.29) is 18.6 Å².